The van der Waals surface area contributed by atoms with Crippen molar-refractivity contribution >= 4 is 28.4 Å². The standard InChI is InChI=1S/C25H30FN5O2/c1-14-7-5-6-8-20(14)29-25(33)30-21-11-17(15(2)9-19(21)26)18-10-16-13-28-23(27-3)12-22(16)31(4)24(18)32/h9-14,20H,5-8H2,1-4H3,(H,27,28)(H2,29,30,33)/t14-,20-/m1/s1. The van der Waals surface area contributed by atoms with Crippen LogP contribution in [0.15, 0.2) is 35.3 Å². The van der Waals surface area contributed by atoms with Crippen molar-refractivity contribution in [3.63, 3.8) is 0 Å². The van der Waals surface area contributed by atoms with Crippen LogP contribution in [0.3, 0.4) is 0 Å². The zero-order chi connectivity index (χ0) is 23.7. The molecule has 33 heavy (non-hydrogen) atoms. The van der Waals surface area contributed by atoms with Crippen LogP contribution in [0.1, 0.15) is 38.2 Å². The van der Waals surface area contributed by atoms with Gasteiger partial charge in [0.2, 0.25) is 0 Å². The number of nitrogens with one attached hydrogen (secondary N) is 3. The van der Waals surface area contributed by atoms with E-state index in [1.807, 2.05) is 6.07 Å². The summed E-state index contributed by atoms with van der Waals surface area (Å²) < 4.78 is 16.3. The lowest BCUT2D eigenvalue weighted by atomic mass is 9.86. The third-order valence-electron chi connectivity index (χ3n) is 6.64. The first kappa shape index (κ1) is 22.8. The summed E-state index contributed by atoms with van der Waals surface area (Å²) >= 11 is 0. The third kappa shape index (κ3) is 4.55. The molecule has 0 spiro atoms. The van der Waals surface area contributed by atoms with Crippen LogP contribution >= 0.6 is 0 Å². The third-order valence-corrected chi connectivity index (χ3v) is 6.64. The molecule has 0 bridgehead atoms. The van der Waals surface area contributed by atoms with Gasteiger partial charge in [-0.05, 0) is 55.0 Å². The van der Waals surface area contributed by atoms with Crippen molar-refractivity contribution in [1.29, 1.82) is 0 Å². The highest BCUT2D eigenvalue weighted by Crippen LogP contribution is 2.29. The average Bonchev–Trinajstić information content (AvgIpc) is 2.79. The van der Waals surface area contributed by atoms with E-state index in [0.717, 1.165) is 30.2 Å². The summed E-state index contributed by atoms with van der Waals surface area (Å²) in [5.41, 5.74) is 2.17. The molecule has 0 saturated heterocycles. The van der Waals surface area contributed by atoms with Gasteiger partial charge < -0.3 is 20.5 Å². The van der Waals surface area contributed by atoms with Gasteiger partial charge in [0.05, 0.1) is 11.2 Å². The minimum atomic E-state index is -0.541. The lowest BCUT2D eigenvalue weighted by Crippen LogP contribution is -2.43. The molecule has 2 aromatic heterocycles. The molecule has 1 aliphatic rings. The zero-order valence-corrected chi connectivity index (χ0v) is 19.5. The molecule has 8 heteroatoms. The van der Waals surface area contributed by atoms with Gasteiger partial charge in [0, 0.05) is 43.4 Å². The number of pyridine rings is 2. The summed E-state index contributed by atoms with van der Waals surface area (Å²) in [6, 6.07) is 6.10. The lowest BCUT2D eigenvalue weighted by molar-refractivity contribution is 0.232. The molecular formula is C25H30FN5O2. The first-order valence-corrected chi connectivity index (χ1v) is 11.3. The molecule has 3 N–H and O–H groups in total. The highest BCUT2D eigenvalue weighted by atomic mass is 19.1. The molecule has 1 fully saturated rings. The van der Waals surface area contributed by atoms with Crippen LogP contribution in [0.2, 0.25) is 0 Å². The van der Waals surface area contributed by atoms with E-state index in [0.29, 0.717) is 28.4 Å². The summed E-state index contributed by atoms with van der Waals surface area (Å²) in [4.78, 5) is 30.1. The lowest BCUT2D eigenvalue weighted by Gasteiger charge is -2.29. The van der Waals surface area contributed by atoms with Crippen LogP contribution in [0, 0.1) is 18.7 Å². The number of benzene rings is 1. The van der Waals surface area contributed by atoms with Crippen molar-refractivity contribution in [2.75, 3.05) is 17.7 Å². The SMILES string of the molecule is CNc1cc2c(cn1)cc(-c1cc(NC(=O)N[C@@H]3CCCC[C@H]3C)c(F)cc1C)c(=O)n2C. The molecule has 2 heterocycles. The first-order chi connectivity index (χ1) is 15.8. The predicted molar refractivity (Wildman–Crippen MR) is 130 cm³/mol. The van der Waals surface area contributed by atoms with Crippen molar-refractivity contribution in [1.82, 2.24) is 14.9 Å². The van der Waals surface area contributed by atoms with E-state index >= 15 is 0 Å². The van der Waals surface area contributed by atoms with Crippen LogP contribution in [0.5, 0.6) is 0 Å². The molecule has 2 amide bonds. The summed E-state index contributed by atoms with van der Waals surface area (Å²) in [7, 11) is 3.46. The molecule has 3 aromatic rings. The minimum Gasteiger partial charge on any atom is -0.373 e. The molecule has 0 aliphatic heterocycles. The maximum atomic E-state index is 14.7. The number of aryl methyl sites for hydroxylation is 2. The van der Waals surface area contributed by atoms with E-state index in [1.165, 1.54) is 18.6 Å². The Morgan fingerprint density at radius 2 is 1.91 bits per heavy atom. The Labute approximate surface area is 192 Å². The van der Waals surface area contributed by atoms with Gasteiger partial charge in [-0.2, -0.15) is 0 Å². The summed E-state index contributed by atoms with van der Waals surface area (Å²) in [5.74, 6) is 0.509. The molecular weight excluding hydrogens is 421 g/mol. The second-order valence-corrected chi connectivity index (χ2v) is 8.91. The van der Waals surface area contributed by atoms with E-state index in [1.54, 1.807) is 37.8 Å². The maximum Gasteiger partial charge on any atom is 0.319 e. The largest absolute Gasteiger partial charge is 0.373 e. The number of carbonyl (C=O) groups excluding carboxylic acids is 1. The molecule has 1 aliphatic carbocycles. The van der Waals surface area contributed by atoms with E-state index in [9.17, 15) is 14.0 Å². The fraction of sp³-hybridized carbons (Fsp3) is 0.400. The Morgan fingerprint density at radius 3 is 2.64 bits per heavy atom. The van der Waals surface area contributed by atoms with Gasteiger partial charge in [0.1, 0.15) is 11.6 Å². The highest BCUT2D eigenvalue weighted by Gasteiger charge is 2.23. The Kier molecular flexibility index (Phi) is 6.35. The van der Waals surface area contributed by atoms with E-state index in [4.69, 9.17) is 0 Å². The van der Waals surface area contributed by atoms with Crippen molar-refractivity contribution in [2.45, 2.75) is 45.6 Å². The Hall–Kier alpha value is -3.42. The number of amides is 2. The van der Waals surface area contributed by atoms with Gasteiger partial charge in [-0.3, -0.25) is 4.79 Å². The van der Waals surface area contributed by atoms with E-state index < -0.39 is 11.8 Å². The van der Waals surface area contributed by atoms with Crippen molar-refractivity contribution in [2.24, 2.45) is 13.0 Å². The Bertz CT molecular complexity index is 1270. The normalized spacial score (nSPS) is 18.2. The number of fused-ring (bicyclic) bond motifs is 1. The Morgan fingerprint density at radius 1 is 1.15 bits per heavy atom. The minimum absolute atomic E-state index is 0.0439. The number of aromatic nitrogens is 2. The van der Waals surface area contributed by atoms with Gasteiger partial charge in [-0.25, -0.2) is 14.2 Å². The van der Waals surface area contributed by atoms with Crippen LogP contribution < -0.4 is 21.5 Å². The average molecular weight is 452 g/mol. The summed E-state index contributed by atoms with van der Waals surface area (Å²) in [5, 5.41) is 9.38. The van der Waals surface area contributed by atoms with Crippen molar-refractivity contribution < 1.29 is 9.18 Å². The van der Waals surface area contributed by atoms with E-state index in [2.05, 4.69) is 27.9 Å². The molecule has 0 unspecified atom stereocenters. The van der Waals surface area contributed by atoms with Gasteiger partial charge >= 0.3 is 6.03 Å². The number of hydrogen-bond donors (Lipinski definition) is 3. The van der Waals surface area contributed by atoms with Gasteiger partial charge in [0.25, 0.3) is 5.56 Å². The number of halogens is 1. The molecule has 4 rings (SSSR count). The van der Waals surface area contributed by atoms with Gasteiger partial charge in [-0.1, -0.05) is 19.8 Å². The molecule has 174 valence electrons. The van der Waals surface area contributed by atoms with Gasteiger partial charge in [-0.15, -0.1) is 0 Å². The smallest absolute Gasteiger partial charge is 0.319 e. The molecule has 0 radical (unpaired) electrons. The molecule has 7 nitrogen and oxygen atoms in total. The van der Waals surface area contributed by atoms with Gasteiger partial charge in [0.15, 0.2) is 0 Å². The summed E-state index contributed by atoms with van der Waals surface area (Å²) in [6.07, 6.45) is 5.94. The van der Waals surface area contributed by atoms with Crippen molar-refractivity contribution in [3.05, 3.63) is 52.2 Å². The zero-order valence-electron chi connectivity index (χ0n) is 19.5. The van der Waals surface area contributed by atoms with Crippen LogP contribution in [0.4, 0.5) is 20.7 Å². The highest BCUT2D eigenvalue weighted by molar-refractivity contribution is 5.91. The number of hydrogen-bond acceptors (Lipinski definition) is 4. The number of carbonyl (C=O) groups is 1. The maximum absolute atomic E-state index is 14.7. The van der Waals surface area contributed by atoms with E-state index in [-0.39, 0.29) is 17.3 Å². The second kappa shape index (κ2) is 9.21. The fourth-order valence-electron chi connectivity index (χ4n) is 4.61. The Balaban J connectivity index is 1.68. The summed E-state index contributed by atoms with van der Waals surface area (Å²) in [6.45, 7) is 3.87. The first-order valence-electron chi connectivity index (χ1n) is 11.3. The number of rotatable bonds is 4. The fourth-order valence-corrected chi connectivity index (χ4v) is 4.61. The second-order valence-electron chi connectivity index (χ2n) is 8.91. The van der Waals surface area contributed by atoms with Crippen LogP contribution in [-0.2, 0) is 7.05 Å². The molecule has 2 atom stereocenters. The van der Waals surface area contributed by atoms with Crippen LogP contribution in [-0.4, -0.2) is 28.7 Å². The quantitative estimate of drug-likeness (QED) is 0.532. The number of anilines is 2. The number of nitrogens with zero attached hydrogens (tertiary/aromatic N) is 2. The topological polar surface area (TPSA) is 88.1 Å². The molecule has 1 saturated carbocycles. The molecule has 1 aromatic carbocycles. The number of urea groups is 1. The monoisotopic (exact) mass is 451 g/mol. The predicted octanol–water partition coefficient (Wildman–Crippen LogP) is 4.79. The van der Waals surface area contributed by atoms with Crippen molar-refractivity contribution in [3.8, 4) is 11.1 Å². The van der Waals surface area contributed by atoms with Crippen LogP contribution in [0.25, 0.3) is 22.0 Å².